The molecule has 0 saturated heterocycles. The van der Waals surface area contributed by atoms with Gasteiger partial charge in [-0.15, -0.1) is 0 Å². The number of pyridine rings is 1. The molecule has 1 amide bonds. The van der Waals surface area contributed by atoms with E-state index < -0.39 is 0 Å². The second-order valence-corrected chi connectivity index (χ2v) is 5.49. The summed E-state index contributed by atoms with van der Waals surface area (Å²) in [5.41, 5.74) is 2.91. The van der Waals surface area contributed by atoms with Crippen LogP contribution in [-0.4, -0.2) is 31.5 Å². The number of carbonyl (C=O) groups excluding carboxylic acids is 1. The second-order valence-electron chi connectivity index (χ2n) is 5.49. The SMILES string of the molecule is CN(C)c1ccc(C(=O)N2CCCc3ccccc32)cn1. The van der Waals surface area contributed by atoms with E-state index in [9.17, 15) is 4.79 Å². The van der Waals surface area contributed by atoms with Crippen LogP contribution in [0, 0.1) is 0 Å². The van der Waals surface area contributed by atoms with Crippen LogP contribution in [0.5, 0.6) is 0 Å². The van der Waals surface area contributed by atoms with E-state index in [4.69, 9.17) is 0 Å². The van der Waals surface area contributed by atoms with Crippen molar-refractivity contribution >= 4 is 17.4 Å². The number of benzene rings is 1. The van der Waals surface area contributed by atoms with Crippen molar-refractivity contribution in [2.75, 3.05) is 30.4 Å². The van der Waals surface area contributed by atoms with Gasteiger partial charge in [0.05, 0.1) is 5.56 Å². The molecule has 1 aromatic heterocycles. The first-order valence-corrected chi connectivity index (χ1v) is 7.20. The largest absolute Gasteiger partial charge is 0.363 e. The molecule has 0 radical (unpaired) electrons. The third-order valence-electron chi connectivity index (χ3n) is 3.81. The molecule has 108 valence electrons. The van der Waals surface area contributed by atoms with Gasteiger partial charge in [-0.3, -0.25) is 4.79 Å². The Hall–Kier alpha value is -2.36. The Labute approximate surface area is 125 Å². The van der Waals surface area contributed by atoms with E-state index in [0.717, 1.165) is 30.9 Å². The summed E-state index contributed by atoms with van der Waals surface area (Å²) in [4.78, 5) is 20.8. The van der Waals surface area contributed by atoms with Crippen molar-refractivity contribution in [1.82, 2.24) is 4.98 Å². The van der Waals surface area contributed by atoms with Crippen LogP contribution in [0.1, 0.15) is 22.3 Å². The van der Waals surface area contributed by atoms with E-state index in [1.807, 2.05) is 54.2 Å². The highest BCUT2D eigenvalue weighted by molar-refractivity contribution is 6.06. The first-order chi connectivity index (χ1) is 10.2. The van der Waals surface area contributed by atoms with Crippen molar-refractivity contribution in [2.24, 2.45) is 0 Å². The molecule has 2 heterocycles. The van der Waals surface area contributed by atoms with Crippen molar-refractivity contribution in [3.05, 3.63) is 53.7 Å². The quantitative estimate of drug-likeness (QED) is 0.849. The van der Waals surface area contributed by atoms with Crippen LogP contribution < -0.4 is 9.80 Å². The lowest BCUT2D eigenvalue weighted by Crippen LogP contribution is -2.35. The molecule has 0 fully saturated rings. The van der Waals surface area contributed by atoms with Gasteiger partial charge >= 0.3 is 0 Å². The molecule has 4 nitrogen and oxygen atoms in total. The first kappa shape index (κ1) is 13.6. The van der Waals surface area contributed by atoms with Crippen LogP contribution >= 0.6 is 0 Å². The Morgan fingerprint density at radius 3 is 2.71 bits per heavy atom. The molecule has 3 rings (SSSR count). The molecule has 0 spiro atoms. The van der Waals surface area contributed by atoms with Gasteiger partial charge in [0.25, 0.3) is 5.91 Å². The maximum Gasteiger partial charge on any atom is 0.259 e. The summed E-state index contributed by atoms with van der Waals surface area (Å²) in [5.74, 6) is 0.880. The van der Waals surface area contributed by atoms with Gasteiger partial charge in [0, 0.05) is 32.5 Å². The van der Waals surface area contributed by atoms with E-state index >= 15 is 0 Å². The number of nitrogens with zero attached hydrogens (tertiary/aromatic N) is 3. The summed E-state index contributed by atoms with van der Waals surface area (Å²) in [7, 11) is 3.87. The van der Waals surface area contributed by atoms with E-state index in [-0.39, 0.29) is 5.91 Å². The van der Waals surface area contributed by atoms with Crippen molar-refractivity contribution < 1.29 is 4.79 Å². The van der Waals surface area contributed by atoms with Crippen molar-refractivity contribution in [3.63, 3.8) is 0 Å². The predicted octanol–water partition coefficient (Wildman–Crippen LogP) is 2.74. The molecule has 1 aromatic carbocycles. The molecule has 0 bridgehead atoms. The number of amides is 1. The van der Waals surface area contributed by atoms with Crippen molar-refractivity contribution in [1.29, 1.82) is 0 Å². The number of carbonyl (C=O) groups is 1. The molecule has 2 aromatic rings. The summed E-state index contributed by atoms with van der Waals surface area (Å²) < 4.78 is 0. The molecule has 21 heavy (non-hydrogen) atoms. The van der Waals surface area contributed by atoms with E-state index in [0.29, 0.717) is 5.56 Å². The Morgan fingerprint density at radius 2 is 2.00 bits per heavy atom. The van der Waals surface area contributed by atoms with Crippen LogP contribution in [-0.2, 0) is 6.42 Å². The van der Waals surface area contributed by atoms with Crippen molar-refractivity contribution in [3.8, 4) is 0 Å². The normalized spacial score (nSPS) is 13.7. The number of hydrogen-bond acceptors (Lipinski definition) is 3. The summed E-state index contributed by atoms with van der Waals surface area (Å²) in [5, 5.41) is 0. The minimum Gasteiger partial charge on any atom is -0.363 e. The topological polar surface area (TPSA) is 36.4 Å². The van der Waals surface area contributed by atoms with Gasteiger partial charge in [0.1, 0.15) is 5.82 Å². The van der Waals surface area contributed by atoms with E-state index in [2.05, 4.69) is 11.1 Å². The lowest BCUT2D eigenvalue weighted by Gasteiger charge is -2.29. The number of anilines is 2. The predicted molar refractivity (Wildman–Crippen MR) is 85.0 cm³/mol. The number of rotatable bonds is 2. The zero-order chi connectivity index (χ0) is 14.8. The van der Waals surface area contributed by atoms with Crippen LogP contribution in [0.15, 0.2) is 42.6 Å². The van der Waals surface area contributed by atoms with Gasteiger partial charge in [0.15, 0.2) is 0 Å². The molecule has 0 unspecified atom stereocenters. The fraction of sp³-hybridized carbons (Fsp3) is 0.294. The lowest BCUT2D eigenvalue weighted by atomic mass is 10.0. The average molecular weight is 281 g/mol. The highest BCUT2D eigenvalue weighted by Crippen LogP contribution is 2.28. The van der Waals surface area contributed by atoms with Crippen molar-refractivity contribution in [2.45, 2.75) is 12.8 Å². The van der Waals surface area contributed by atoms with Crippen LogP contribution in [0.2, 0.25) is 0 Å². The van der Waals surface area contributed by atoms with Crippen LogP contribution in [0.3, 0.4) is 0 Å². The summed E-state index contributed by atoms with van der Waals surface area (Å²) >= 11 is 0. The molecule has 0 N–H and O–H groups in total. The molecular weight excluding hydrogens is 262 g/mol. The summed E-state index contributed by atoms with van der Waals surface area (Å²) in [6, 6.07) is 11.9. The van der Waals surface area contributed by atoms with Gasteiger partial charge in [0.2, 0.25) is 0 Å². The molecule has 4 heteroatoms. The summed E-state index contributed by atoms with van der Waals surface area (Å²) in [6.07, 6.45) is 3.71. The Balaban J connectivity index is 1.89. The molecule has 1 aliphatic heterocycles. The van der Waals surface area contributed by atoms with Gasteiger partial charge < -0.3 is 9.80 Å². The van der Waals surface area contributed by atoms with Gasteiger partial charge in [-0.2, -0.15) is 0 Å². The molecular formula is C17H19N3O. The Kier molecular flexibility index (Phi) is 3.60. The third-order valence-corrected chi connectivity index (χ3v) is 3.81. The molecule has 0 saturated carbocycles. The highest BCUT2D eigenvalue weighted by atomic mass is 16.2. The van der Waals surface area contributed by atoms with Gasteiger partial charge in [-0.25, -0.2) is 4.98 Å². The van der Waals surface area contributed by atoms with E-state index in [1.165, 1.54) is 5.56 Å². The number of aryl methyl sites for hydroxylation is 1. The van der Waals surface area contributed by atoms with Gasteiger partial charge in [-0.1, -0.05) is 18.2 Å². The third kappa shape index (κ3) is 2.61. The Bertz CT molecular complexity index is 649. The minimum atomic E-state index is 0.0277. The number of hydrogen-bond donors (Lipinski definition) is 0. The smallest absolute Gasteiger partial charge is 0.259 e. The average Bonchev–Trinajstić information content (AvgIpc) is 2.53. The van der Waals surface area contributed by atoms with Crippen LogP contribution in [0.4, 0.5) is 11.5 Å². The van der Waals surface area contributed by atoms with Gasteiger partial charge in [-0.05, 0) is 36.6 Å². The monoisotopic (exact) mass is 281 g/mol. The standard InChI is InChI=1S/C17H19N3O/c1-19(2)16-10-9-14(12-18-16)17(21)20-11-5-7-13-6-3-4-8-15(13)20/h3-4,6,8-10,12H,5,7,11H2,1-2H3. The number of fused-ring (bicyclic) bond motifs is 1. The molecule has 0 atom stereocenters. The molecule has 1 aliphatic rings. The number of para-hydroxylation sites is 1. The first-order valence-electron chi connectivity index (χ1n) is 7.20. The lowest BCUT2D eigenvalue weighted by molar-refractivity contribution is 0.0985. The zero-order valence-corrected chi connectivity index (χ0v) is 12.4. The highest BCUT2D eigenvalue weighted by Gasteiger charge is 2.23. The summed E-state index contributed by atoms with van der Waals surface area (Å²) in [6.45, 7) is 0.769. The fourth-order valence-electron chi connectivity index (χ4n) is 2.68. The Morgan fingerprint density at radius 1 is 1.19 bits per heavy atom. The minimum absolute atomic E-state index is 0.0277. The number of aromatic nitrogens is 1. The maximum atomic E-state index is 12.7. The van der Waals surface area contributed by atoms with E-state index in [1.54, 1.807) is 6.20 Å². The maximum absolute atomic E-state index is 12.7. The molecule has 0 aliphatic carbocycles. The zero-order valence-electron chi connectivity index (χ0n) is 12.4. The van der Waals surface area contributed by atoms with Crippen LogP contribution in [0.25, 0.3) is 0 Å². The fourth-order valence-corrected chi connectivity index (χ4v) is 2.68. The second kappa shape index (κ2) is 5.56.